The summed E-state index contributed by atoms with van der Waals surface area (Å²) in [6, 6.07) is 8.11. The Labute approximate surface area is 129 Å². The predicted molar refractivity (Wildman–Crippen MR) is 84.8 cm³/mol. The van der Waals surface area contributed by atoms with Crippen molar-refractivity contribution in [1.29, 1.82) is 0 Å². The third-order valence-corrected chi connectivity index (χ3v) is 3.92. The predicted octanol–water partition coefficient (Wildman–Crippen LogP) is 3.33. The second-order valence-corrected chi connectivity index (χ2v) is 5.69. The zero-order valence-corrected chi connectivity index (χ0v) is 13.0. The molecule has 0 fully saturated rings. The lowest BCUT2D eigenvalue weighted by Crippen LogP contribution is -2.24. The van der Waals surface area contributed by atoms with Crippen molar-refractivity contribution in [2.75, 3.05) is 25.6 Å². The van der Waals surface area contributed by atoms with Gasteiger partial charge in [-0.05, 0) is 42.7 Å². The molecule has 0 bridgehead atoms. The molecule has 0 aliphatic carbocycles. The maximum Gasteiger partial charge on any atom is 0.161 e. The van der Waals surface area contributed by atoms with E-state index in [0.717, 1.165) is 24.2 Å². The van der Waals surface area contributed by atoms with Gasteiger partial charge in [-0.3, -0.25) is 0 Å². The second kappa shape index (κ2) is 6.00. The highest BCUT2D eigenvalue weighted by Crippen LogP contribution is 2.30. The Hall–Kier alpha value is -1.65. The molecule has 5 heteroatoms. The zero-order valence-electron chi connectivity index (χ0n) is 12.3. The van der Waals surface area contributed by atoms with E-state index in [1.807, 2.05) is 0 Å². The number of ether oxygens (including phenoxy) is 1. The summed E-state index contributed by atoms with van der Waals surface area (Å²) in [6.45, 7) is 1.54. The summed E-state index contributed by atoms with van der Waals surface area (Å²) in [5.41, 5.74) is 4.44. The second-order valence-electron chi connectivity index (χ2n) is 5.31. The van der Waals surface area contributed by atoms with Crippen LogP contribution in [0.4, 0.5) is 5.69 Å². The Morgan fingerprint density at radius 1 is 1.29 bits per heavy atom. The molecule has 0 saturated carbocycles. The lowest BCUT2D eigenvalue weighted by Gasteiger charge is -2.27. The molecule has 0 amide bonds. The van der Waals surface area contributed by atoms with Crippen molar-refractivity contribution in [3.63, 3.8) is 0 Å². The van der Waals surface area contributed by atoms with Gasteiger partial charge in [0.2, 0.25) is 0 Å². The normalized spacial score (nSPS) is 14.1. The van der Waals surface area contributed by atoms with Gasteiger partial charge < -0.3 is 9.64 Å². The zero-order chi connectivity index (χ0) is 14.8. The Bertz CT molecular complexity index is 660. The lowest BCUT2D eigenvalue weighted by molar-refractivity contribution is 0.181. The molecule has 1 aliphatic rings. The first-order valence-electron chi connectivity index (χ1n) is 7.04. The van der Waals surface area contributed by atoms with Crippen LogP contribution in [0.1, 0.15) is 17.7 Å². The SMILES string of the molecule is COCc1cc(Cl)nc(-c2ccc3c(c2)CCCN3C)n1. The van der Waals surface area contributed by atoms with Crippen LogP contribution in [0.2, 0.25) is 5.15 Å². The van der Waals surface area contributed by atoms with Gasteiger partial charge in [0, 0.05) is 32.0 Å². The number of aryl methyl sites for hydroxylation is 1. The highest BCUT2D eigenvalue weighted by atomic mass is 35.5. The minimum Gasteiger partial charge on any atom is -0.378 e. The van der Waals surface area contributed by atoms with Crippen molar-refractivity contribution < 1.29 is 4.74 Å². The standard InChI is InChI=1S/C16H18ClN3O/c1-20-7-3-4-11-8-12(5-6-14(11)20)16-18-13(10-21-2)9-15(17)19-16/h5-6,8-9H,3-4,7,10H2,1-2H3. The molecule has 0 radical (unpaired) electrons. The molecule has 2 heterocycles. The van der Waals surface area contributed by atoms with E-state index in [1.165, 1.54) is 17.7 Å². The highest BCUT2D eigenvalue weighted by Gasteiger charge is 2.15. The van der Waals surface area contributed by atoms with Crippen LogP contribution < -0.4 is 4.90 Å². The number of methoxy groups -OCH3 is 1. The quantitative estimate of drug-likeness (QED) is 0.815. The average Bonchev–Trinajstić information content (AvgIpc) is 2.47. The van der Waals surface area contributed by atoms with Gasteiger partial charge in [-0.1, -0.05) is 11.6 Å². The number of halogens is 1. The fraction of sp³-hybridized carbons (Fsp3) is 0.375. The third kappa shape index (κ3) is 3.01. The van der Waals surface area contributed by atoms with E-state index in [4.69, 9.17) is 16.3 Å². The number of hydrogen-bond acceptors (Lipinski definition) is 4. The molecule has 0 spiro atoms. The minimum absolute atomic E-state index is 0.433. The van der Waals surface area contributed by atoms with Crippen molar-refractivity contribution in [1.82, 2.24) is 9.97 Å². The van der Waals surface area contributed by atoms with Gasteiger partial charge >= 0.3 is 0 Å². The summed E-state index contributed by atoms with van der Waals surface area (Å²) in [6.07, 6.45) is 2.28. The van der Waals surface area contributed by atoms with E-state index in [9.17, 15) is 0 Å². The van der Waals surface area contributed by atoms with Gasteiger partial charge in [0.1, 0.15) is 5.15 Å². The molecule has 0 N–H and O–H groups in total. The smallest absolute Gasteiger partial charge is 0.161 e. The Morgan fingerprint density at radius 3 is 2.95 bits per heavy atom. The van der Waals surface area contributed by atoms with Crippen molar-refractivity contribution in [2.24, 2.45) is 0 Å². The summed E-state index contributed by atoms with van der Waals surface area (Å²) in [5.74, 6) is 0.658. The monoisotopic (exact) mass is 303 g/mol. The van der Waals surface area contributed by atoms with Crippen LogP contribution in [-0.4, -0.2) is 30.7 Å². The number of nitrogens with zero attached hydrogens (tertiary/aromatic N) is 3. The first-order valence-corrected chi connectivity index (χ1v) is 7.42. The molecule has 1 aliphatic heterocycles. The van der Waals surface area contributed by atoms with E-state index in [2.05, 4.69) is 40.1 Å². The molecule has 0 unspecified atom stereocenters. The van der Waals surface area contributed by atoms with E-state index in [1.54, 1.807) is 13.2 Å². The first kappa shape index (κ1) is 14.3. The van der Waals surface area contributed by atoms with Gasteiger partial charge in [0.05, 0.1) is 12.3 Å². The van der Waals surface area contributed by atoms with Crippen LogP contribution in [0.5, 0.6) is 0 Å². The van der Waals surface area contributed by atoms with Gasteiger partial charge in [-0.2, -0.15) is 0 Å². The van der Waals surface area contributed by atoms with E-state index >= 15 is 0 Å². The maximum atomic E-state index is 6.09. The molecular weight excluding hydrogens is 286 g/mol. The summed E-state index contributed by atoms with van der Waals surface area (Å²) < 4.78 is 5.12. The number of hydrogen-bond donors (Lipinski definition) is 0. The highest BCUT2D eigenvalue weighted by molar-refractivity contribution is 6.29. The van der Waals surface area contributed by atoms with E-state index < -0.39 is 0 Å². The topological polar surface area (TPSA) is 38.2 Å². The van der Waals surface area contributed by atoms with Crippen LogP contribution >= 0.6 is 11.6 Å². The molecular formula is C16H18ClN3O. The van der Waals surface area contributed by atoms with Gasteiger partial charge in [0.15, 0.2) is 5.82 Å². The lowest BCUT2D eigenvalue weighted by atomic mass is 9.99. The molecule has 4 nitrogen and oxygen atoms in total. The summed E-state index contributed by atoms with van der Waals surface area (Å²) in [7, 11) is 3.77. The van der Waals surface area contributed by atoms with Gasteiger partial charge in [-0.15, -0.1) is 0 Å². The van der Waals surface area contributed by atoms with Crippen LogP contribution in [0, 0.1) is 0 Å². The number of aromatic nitrogens is 2. The molecule has 3 rings (SSSR count). The summed E-state index contributed by atoms with van der Waals surface area (Å²) >= 11 is 6.09. The molecule has 0 saturated heterocycles. The van der Waals surface area contributed by atoms with Crippen LogP contribution in [0.15, 0.2) is 24.3 Å². The van der Waals surface area contributed by atoms with E-state index in [0.29, 0.717) is 17.6 Å². The van der Waals surface area contributed by atoms with Crippen LogP contribution in [0.25, 0.3) is 11.4 Å². The first-order chi connectivity index (χ1) is 10.2. The fourth-order valence-corrected chi connectivity index (χ4v) is 2.95. The fourth-order valence-electron chi connectivity index (χ4n) is 2.74. The van der Waals surface area contributed by atoms with Crippen molar-refractivity contribution in [3.8, 4) is 11.4 Å². The molecule has 1 aromatic heterocycles. The summed E-state index contributed by atoms with van der Waals surface area (Å²) in [4.78, 5) is 11.2. The minimum atomic E-state index is 0.433. The number of benzene rings is 1. The Balaban J connectivity index is 2.00. The third-order valence-electron chi connectivity index (χ3n) is 3.73. The summed E-state index contributed by atoms with van der Waals surface area (Å²) in [5, 5.41) is 0.446. The molecule has 21 heavy (non-hydrogen) atoms. The number of rotatable bonds is 3. The van der Waals surface area contributed by atoms with Gasteiger partial charge in [-0.25, -0.2) is 9.97 Å². The Kier molecular flexibility index (Phi) is 4.08. The maximum absolute atomic E-state index is 6.09. The molecule has 110 valence electrons. The Morgan fingerprint density at radius 2 is 2.14 bits per heavy atom. The number of fused-ring (bicyclic) bond motifs is 1. The van der Waals surface area contributed by atoms with Gasteiger partial charge in [0.25, 0.3) is 0 Å². The van der Waals surface area contributed by atoms with Crippen LogP contribution in [-0.2, 0) is 17.8 Å². The number of anilines is 1. The van der Waals surface area contributed by atoms with Crippen molar-refractivity contribution in [2.45, 2.75) is 19.4 Å². The largest absolute Gasteiger partial charge is 0.378 e. The van der Waals surface area contributed by atoms with Crippen molar-refractivity contribution >= 4 is 17.3 Å². The molecule has 0 atom stereocenters. The van der Waals surface area contributed by atoms with Crippen LogP contribution in [0.3, 0.4) is 0 Å². The molecule has 2 aromatic rings. The van der Waals surface area contributed by atoms with E-state index in [-0.39, 0.29) is 0 Å². The average molecular weight is 304 g/mol. The van der Waals surface area contributed by atoms with Crippen molar-refractivity contribution in [3.05, 3.63) is 40.7 Å². The molecule has 1 aromatic carbocycles.